The second-order valence-corrected chi connectivity index (χ2v) is 4.76. The summed E-state index contributed by atoms with van der Waals surface area (Å²) in [4.78, 5) is 8.22. The number of aromatic nitrogens is 4. The average Bonchev–Trinajstić information content (AvgIpc) is 2.88. The van der Waals surface area contributed by atoms with Gasteiger partial charge < -0.3 is 5.73 Å². The largest absolute Gasteiger partial charge is 0.368 e. The van der Waals surface area contributed by atoms with E-state index in [0.717, 1.165) is 33.5 Å². The monoisotopic (exact) mass is 277 g/mol. The number of pyridine rings is 1. The molecule has 0 atom stereocenters. The molecule has 3 rings (SSSR count). The fourth-order valence-electron chi connectivity index (χ4n) is 2.28. The van der Waals surface area contributed by atoms with Gasteiger partial charge in [-0.2, -0.15) is 5.10 Å². The zero-order valence-electron chi connectivity index (χ0n) is 11.7. The van der Waals surface area contributed by atoms with E-state index in [-0.39, 0.29) is 5.95 Å². The first-order valence-electron chi connectivity index (χ1n) is 6.48. The van der Waals surface area contributed by atoms with Crippen LogP contribution in [-0.2, 0) is 0 Å². The first-order valence-corrected chi connectivity index (χ1v) is 6.48. The molecule has 0 radical (unpaired) electrons. The van der Waals surface area contributed by atoms with Gasteiger partial charge in [0, 0.05) is 23.5 Å². The summed E-state index contributed by atoms with van der Waals surface area (Å²) in [6.45, 7) is 9.85. The van der Waals surface area contributed by atoms with Crippen molar-refractivity contribution in [3.63, 3.8) is 0 Å². The van der Waals surface area contributed by atoms with E-state index in [1.807, 2.05) is 25.3 Å². The van der Waals surface area contributed by atoms with Crippen LogP contribution < -0.4 is 5.73 Å². The molecule has 2 N–H and O–H groups in total. The van der Waals surface area contributed by atoms with E-state index < -0.39 is 0 Å². The number of aryl methyl sites for hydroxylation is 1. The van der Waals surface area contributed by atoms with Gasteiger partial charge >= 0.3 is 0 Å². The smallest absolute Gasteiger partial charge is 0.220 e. The Morgan fingerprint density at radius 3 is 2.90 bits per heavy atom. The van der Waals surface area contributed by atoms with Gasteiger partial charge in [-0.1, -0.05) is 19.2 Å². The third kappa shape index (κ3) is 2.18. The molecule has 0 aliphatic rings. The molecule has 0 aliphatic heterocycles. The summed E-state index contributed by atoms with van der Waals surface area (Å²) in [5, 5.41) is 4.27. The Balaban J connectivity index is 2.10. The van der Waals surface area contributed by atoms with Crippen LogP contribution in [0, 0.1) is 6.92 Å². The van der Waals surface area contributed by atoms with Gasteiger partial charge in [-0.3, -0.25) is 0 Å². The second-order valence-electron chi connectivity index (χ2n) is 4.76. The predicted molar refractivity (Wildman–Crippen MR) is 84.6 cm³/mol. The van der Waals surface area contributed by atoms with Crippen molar-refractivity contribution in [2.24, 2.45) is 0 Å². The fourth-order valence-corrected chi connectivity index (χ4v) is 2.28. The van der Waals surface area contributed by atoms with Crippen LogP contribution in [-0.4, -0.2) is 19.6 Å². The number of hydrogen-bond donors (Lipinski definition) is 1. The summed E-state index contributed by atoms with van der Waals surface area (Å²) in [5.74, 6) is 0.268. The Labute approximate surface area is 122 Å². The number of fused-ring (bicyclic) bond motifs is 1. The van der Waals surface area contributed by atoms with Crippen LogP contribution in [0.4, 0.5) is 5.95 Å². The third-order valence-electron chi connectivity index (χ3n) is 3.44. The fraction of sp³-hybridized carbons (Fsp3) is 0.0625. The van der Waals surface area contributed by atoms with E-state index in [1.54, 1.807) is 23.0 Å². The lowest BCUT2D eigenvalue weighted by Gasteiger charge is -2.09. The van der Waals surface area contributed by atoms with Crippen LogP contribution in [0.5, 0.6) is 0 Å². The van der Waals surface area contributed by atoms with E-state index in [9.17, 15) is 0 Å². The van der Waals surface area contributed by atoms with Crippen molar-refractivity contribution in [1.82, 2.24) is 19.6 Å². The van der Waals surface area contributed by atoms with E-state index in [1.165, 1.54) is 0 Å². The quantitative estimate of drug-likeness (QED) is 0.799. The van der Waals surface area contributed by atoms with E-state index in [0.29, 0.717) is 0 Å². The number of nitrogens with two attached hydrogens (primary N) is 1. The molecule has 0 bridgehead atoms. The highest BCUT2D eigenvalue weighted by molar-refractivity contribution is 5.82. The van der Waals surface area contributed by atoms with Crippen molar-refractivity contribution in [2.45, 2.75) is 6.92 Å². The van der Waals surface area contributed by atoms with Crippen molar-refractivity contribution in [3.8, 4) is 0 Å². The van der Waals surface area contributed by atoms with E-state index in [2.05, 4.69) is 28.2 Å². The summed E-state index contributed by atoms with van der Waals surface area (Å²) in [5.41, 5.74) is 11.1. The highest BCUT2D eigenvalue weighted by atomic mass is 15.2. The normalized spacial score (nSPS) is 10.7. The van der Waals surface area contributed by atoms with Gasteiger partial charge in [-0.15, -0.1) is 0 Å². The third-order valence-corrected chi connectivity index (χ3v) is 3.44. The van der Waals surface area contributed by atoms with Crippen molar-refractivity contribution < 1.29 is 0 Å². The Morgan fingerprint density at radius 1 is 1.38 bits per heavy atom. The van der Waals surface area contributed by atoms with Crippen molar-refractivity contribution in [1.29, 1.82) is 0 Å². The van der Waals surface area contributed by atoms with Gasteiger partial charge in [-0.05, 0) is 30.2 Å². The lowest BCUT2D eigenvalue weighted by molar-refractivity contribution is 0.960. The predicted octanol–water partition coefficient (Wildman–Crippen LogP) is 2.72. The molecule has 3 heterocycles. The SMILES string of the molecule is C=Cc1cnn2ccc(C(=C)c3cnc(N)nc3C)cc12. The lowest BCUT2D eigenvalue weighted by Crippen LogP contribution is -2.01. The molecule has 21 heavy (non-hydrogen) atoms. The Bertz CT molecular complexity index is 860. The molecule has 5 heteroatoms. The maximum absolute atomic E-state index is 5.59. The van der Waals surface area contributed by atoms with Crippen LogP contribution in [0.2, 0.25) is 0 Å². The Hall–Kier alpha value is -2.95. The van der Waals surface area contributed by atoms with Gasteiger partial charge in [0.15, 0.2) is 0 Å². The van der Waals surface area contributed by atoms with Crippen LogP contribution in [0.25, 0.3) is 17.2 Å². The molecule has 0 spiro atoms. The number of hydrogen-bond acceptors (Lipinski definition) is 4. The summed E-state index contributed by atoms with van der Waals surface area (Å²) in [7, 11) is 0. The molecule has 3 aromatic rings. The Morgan fingerprint density at radius 2 is 2.19 bits per heavy atom. The highest BCUT2D eigenvalue weighted by Crippen LogP contribution is 2.25. The number of nitrogens with zero attached hydrogens (tertiary/aromatic N) is 4. The minimum Gasteiger partial charge on any atom is -0.368 e. The highest BCUT2D eigenvalue weighted by Gasteiger charge is 2.10. The van der Waals surface area contributed by atoms with Gasteiger partial charge in [0.2, 0.25) is 5.95 Å². The van der Waals surface area contributed by atoms with Crippen LogP contribution in [0.15, 0.2) is 43.9 Å². The maximum atomic E-state index is 5.59. The van der Waals surface area contributed by atoms with E-state index in [4.69, 9.17) is 5.73 Å². The van der Waals surface area contributed by atoms with Gasteiger partial charge in [0.1, 0.15) is 0 Å². The molecule has 0 saturated heterocycles. The zero-order chi connectivity index (χ0) is 15.0. The van der Waals surface area contributed by atoms with Crippen LogP contribution in [0.1, 0.15) is 22.4 Å². The van der Waals surface area contributed by atoms with Crippen molar-refractivity contribution >= 4 is 23.1 Å². The molecule has 0 aromatic carbocycles. The second kappa shape index (κ2) is 4.86. The molecule has 0 aliphatic carbocycles. The van der Waals surface area contributed by atoms with Crippen molar-refractivity contribution in [2.75, 3.05) is 5.73 Å². The molecule has 104 valence electrons. The van der Waals surface area contributed by atoms with Crippen LogP contribution >= 0.6 is 0 Å². The van der Waals surface area contributed by atoms with E-state index >= 15 is 0 Å². The number of nitrogen functional groups attached to an aromatic ring is 1. The number of anilines is 1. The summed E-state index contributed by atoms with van der Waals surface area (Å²) in [6.07, 6.45) is 7.17. The number of rotatable bonds is 3. The Kier molecular flexibility index (Phi) is 3.02. The summed E-state index contributed by atoms with van der Waals surface area (Å²) in [6, 6.07) is 3.99. The minimum atomic E-state index is 0.268. The lowest BCUT2D eigenvalue weighted by atomic mass is 10.00. The molecule has 0 unspecified atom stereocenters. The molecular formula is C16H15N5. The molecular weight excluding hydrogens is 262 g/mol. The molecule has 0 amide bonds. The molecule has 5 nitrogen and oxygen atoms in total. The maximum Gasteiger partial charge on any atom is 0.220 e. The molecule has 0 fully saturated rings. The average molecular weight is 277 g/mol. The summed E-state index contributed by atoms with van der Waals surface area (Å²) < 4.78 is 1.81. The zero-order valence-corrected chi connectivity index (χ0v) is 11.7. The van der Waals surface area contributed by atoms with Crippen molar-refractivity contribution in [3.05, 3.63) is 66.3 Å². The minimum absolute atomic E-state index is 0.268. The first-order chi connectivity index (χ1) is 10.1. The van der Waals surface area contributed by atoms with Crippen LogP contribution in [0.3, 0.4) is 0 Å². The van der Waals surface area contributed by atoms with Gasteiger partial charge in [0.05, 0.1) is 17.4 Å². The summed E-state index contributed by atoms with van der Waals surface area (Å²) >= 11 is 0. The standard InChI is InChI=1S/C16H15N5/c1-4-12-8-19-21-6-5-13(7-15(12)21)10(2)14-9-18-16(17)20-11(14)3/h4-9H,1-2H2,3H3,(H2,17,18,20). The topological polar surface area (TPSA) is 69.1 Å². The van der Waals surface area contributed by atoms with Gasteiger partial charge in [-0.25, -0.2) is 14.5 Å². The molecule has 0 saturated carbocycles. The molecule has 3 aromatic heterocycles. The first kappa shape index (κ1) is 13.1. The van der Waals surface area contributed by atoms with Gasteiger partial charge in [0.25, 0.3) is 0 Å².